The number of amides is 2. The van der Waals surface area contributed by atoms with E-state index in [1.165, 1.54) is 0 Å². The standard InChI is InChI=1S/C20H20BrN3O3/c1-3-11-22-20(26)18-12(2)17-15(5-4-6-16(17)27-18)23-24-19(25)13-7-9-14(21)10-8-13/h3,7-10H,1,4-6,11H2,2H3,(H,22,26)(H,24,25)/b23-15+. The highest BCUT2D eigenvalue weighted by molar-refractivity contribution is 9.10. The van der Waals surface area contributed by atoms with Crippen molar-refractivity contribution in [3.8, 4) is 0 Å². The highest BCUT2D eigenvalue weighted by Gasteiger charge is 2.27. The Balaban J connectivity index is 1.83. The lowest BCUT2D eigenvalue weighted by molar-refractivity contribution is 0.0926. The van der Waals surface area contributed by atoms with Gasteiger partial charge in [-0.3, -0.25) is 9.59 Å². The molecule has 1 heterocycles. The molecule has 2 amide bonds. The first-order valence-corrected chi connectivity index (χ1v) is 9.44. The van der Waals surface area contributed by atoms with Gasteiger partial charge in [0.2, 0.25) is 0 Å². The quantitative estimate of drug-likeness (QED) is 0.560. The summed E-state index contributed by atoms with van der Waals surface area (Å²) >= 11 is 3.34. The monoisotopic (exact) mass is 429 g/mol. The first-order chi connectivity index (χ1) is 13.0. The fraction of sp³-hybridized carbons (Fsp3) is 0.250. The van der Waals surface area contributed by atoms with Gasteiger partial charge < -0.3 is 9.73 Å². The molecule has 140 valence electrons. The molecular formula is C20H20BrN3O3. The van der Waals surface area contributed by atoms with Crippen LogP contribution in [0.15, 0.2) is 50.9 Å². The number of aryl methyl sites for hydroxylation is 1. The second-order valence-electron chi connectivity index (χ2n) is 6.21. The van der Waals surface area contributed by atoms with Crippen molar-refractivity contribution in [1.82, 2.24) is 10.7 Å². The molecule has 0 unspecified atom stereocenters. The van der Waals surface area contributed by atoms with Crippen molar-refractivity contribution in [1.29, 1.82) is 0 Å². The molecule has 27 heavy (non-hydrogen) atoms. The van der Waals surface area contributed by atoms with Gasteiger partial charge in [0.25, 0.3) is 11.8 Å². The van der Waals surface area contributed by atoms with Crippen molar-refractivity contribution in [2.75, 3.05) is 6.54 Å². The average molecular weight is 430 g/mol. The Kier molecular flexibility index (Phi) is 5.91. The zero-order chi connectivity index (χ0) is 19.4. The second-order valence-corrected chi connectivity index (χ2v) is 7.13. The number of hydrogen-bond acceptors (Lipinski definition) is 4. The molecule has 0 saturated carbocycles. The van der Waals surface area contributed by atoms with E-state index in [0.717, 1.165) is 39.9 Å². The molecular weight excluding hydrogens is 410 g/mol. The van der Waals surface area contributed by atoms with Gasteiger partial charge in [-0.25, -0.2) is 5.43 Å². The molecule has 0 radical (unpaired) electrons. The summed E-state index contributed by atoms with van der Waals surface area (Å²) in [5.41, 5.74) is 5.41. The highest BCUT2D eigenvalue weighted by Crippen LogP contribution is 2.29. The van der Waals surface area contributed by atoms with Crippen molar-refractivity contribution in [2.24, 2.45) is 5.10 Å². The van der Waals surface area contributed by atoms with E-state index >= 15 is 0 Å². The fourth-order valence-corrected chi connectivity index (χ4v) is 3.29. The SMILES string of the molecule is C=CCNC(=O)c1oc2c(c1C)/C(=N/NC(=O)c1ccc(Br)cc1)CCC2. The number of nitrogens with one attached hydrogen (secondary N) is 2. The largest absolute Gasteiger partial charge is 0.455 e. The van der Waals surface area contributed by atoms with Crippen LogP contribution in [0.3, 0.4) is 0 Å². The second kappa shape index (κ2) is 8.35. The minimum atomic E-state index is -0.285. The number of hydrazone groups is 1. The Bertz CT molecular complexity index is 913. The van der Waals surface area contributed by atoms with Crippen LogP contribution in [0.1, 0.15) is 50.6 Å². The summed E-state index contributed by atoms with van der Waals surface area (Å²) in [6, 6.07) is 7.04. The molecule has 3 rings (SSSR count). The third-order valence-electron chi connectivity index (χ3n) is 4.34. The van der Waals surface area contributed by atoms with E-state index in [2.05, 4.69) is 38.4 Å². The molecule has 1 aliphatic rings. The number of nitrogens with zero attached hydrogens (tertiary/aromatic N) is 1. The summed E-state index contributed by atoms with van der Waals surface area (Å²) in [7, 11) is 0. The predicted molar refractivity (Wildman–Crippen MR) is 107 cm³/mol. The topological polar surface area (TPSA) is 83.7 Å². The maximum Gasteiger partial charge on any atom is 0.287 e. The maximum atomic E-state index is 12.3. The van der Waals surface area contributed by atoms with Gasteiger partial charge in [0.15, 0.2) is 5.76 Å². The van der Waals surface area contributed by atoms with E-state index in [-0.39, 0.29) is 17.6 Å². The molecule has 1 aromatic carbocycles. The van der Waals surface area contributed by atoms with Crippen LogP contribution in [0, 0.1) is 6.92 Å². The van der Waals surface area contributed by atoms with Crippen molar-refractivity contribution >= 4 is 33.5 Å². The lowest BCUT2D eigenvalue weighted by Gasteiger charge is -2.13. The number of rotatable bonds is 5. The molecule has 2 aromatic rings. The maximum absolute atomic E-state index is 12.3. The molecule has 0 aliphatic heterocycles. The van der Waals surface area contributed by atoms with E-state index in [9.17, 15) is 9.59 Å². The van der Waals surface area contributed by atoms with Crippen LogP contribution >= 0.6 is 15.9 Å². The molecule has 0 spiro atoms. The van der Waals surface area contributed by atoms with Crippen LogP contribution in [0.5, 0.6) is 0 Å². The number of benzene rings is 1. The first-order valence-electron chi connectivity index (χ1n) is 8.65. The number of carbonyl (C=O) groups is 2. The Morgan fingerprint density at radius 2 is 2.00 bits per heavy atom. The molecule has 0 atom stereocenters. The summed E-state index contributed by atoms with van der Waals surface area (Å²) in [5.74, 6) is 0.460. The van der Waals surface area contributed by atoms with Gasteiger partial charge in [-0.1, -0.05) is 22.0 Å². The molecule has 1 aliphatic carbocycles. The molecule has 6 nitrogen and oxygen atoms in total. The van der Waals surface area contributed by atoms with Crippen LogP contribution in [0.2, 0.25) is 0 Å². The minimum Gasteiger partial charge on any atom is -0.455 e. The van der Waals surface area contributed by atoms with Crippen molar-refractivity contribution in [3.63, 3.8) is 0 Å². The Hall–Kier alpha value is -2.67. The van der Waals surface area contributed by atoms with Crippen molar-refractivity contribution in [2.45, 2.75) is 26.2 Å². The Labute approximate surface area is 165 Å². The van der Waals surface area contributed by atoms with Crippen LogP contribution < -0.4 is 10.7 Å². The highest BCUT2D eigenvalue weighted by atomic mass is 79.9. The summed E-state index contributed by atoms with van der Waals surface area (Å²) in [6.07, 6.45) is 3.91. The molecule has 0 fully saturated rings. The zero-order valence-corrected chi connectivity index (χ0v) is 16.6. The third kappa shape index (κ3) is 4.19. The minimum absolute atomic E-state index is 0.278. The Morgan fingerprint density at radius 3 is 2.70 bits per heavy atom. The predicted octanol–water partition coefficient (Wildman–Crippen LogP) is 3.74. The van der Waals surface area contributed by atoms with Crippen LogP contribution in [-0.4, -0.2) is 24.1 Å². The van der Waals surface area contributed by atoms with Crippen molar-refractivity contribution < 1.29 is 14.0 Å². The van der Waals surface area contributed by atoms with Gasteiger partial charge in [0.05, 0.1) is 5.71 Å². The lowest BCUT2D eigenvalue weighted by Crippen LogP contribution is -2.24. The van der Waals surface area contributed by atoms with Gasteiger partial charge in [-0.05, 0) is 44.0 Å². The Morgan fingerprint density at radius 1 is 1.26 bits per heavy atom. The van der Waals surface area contributed by atoms with E-state index in [1.54, 1.807) is 30.3 Å². The molecule has 0 saturated heterocycles. The smallest absolute Gasteiger partial charge is 0.287 e. The average Bonchev–Trinajstić information content (AvgIpc) is 3.02. The van der Waals surface area contributed by atoms with Gasteiger partial charge in [0.1, 0.15) is 5.76 Å². The van der Waals surface area contributed by atoms with Gasteiger partial charge in [-0.15, -0.1) is 6.58 Å². The summed E-state index contributed by atoms with van der Waals surface area (Å²) in [5, 5.41) is 7.04. The summed E-state index contributed by atoms with van der Waals surface area (Å²) in [6.45, 7) is 5.79. The molecule has 7 heteroatoms. The van der Waals surface area contributed by atoms with E-state index in [4.69, 9.17) is 4.42 Å². The van der Waals surface area contributed by atoms with Crippen LogP contribution in [0.25, 0.3) is 0 Å². The van der Waals surface area contributed by atoms with Gasteiger partial charge >= 0.3 is 0 Å². The molecule has 2 N–H and O–H groups in total. The van der Waals surface area contributed by atoms with Gasteiger partial charge in [-0.2, -0.15) is 5.10 Å². The third-order valence-corrected chi connectivity index (χ3v) is 4.87. The van der Waals surface area contributed by atoms with E-state index < -0.39 is 0 Å². The van der Waals surface area contributed by atoms with Crippen LogP contribution in [0.4, 0.5) is 0 Å². The molecule has 0 bridgehead atoms. The number of fused-ring (bicyclic) bond motifs is 1. The lowest BCUT2D eigenvalue weighted by atomic mass is 9.93. The van der Waals surface area contributed by atoms with Gasteiger partial charge in [0, 0.05) is 34.1 Å². The summed E-state index contributed by atoms with van der Waals surface area (Å²) < 4.78 is 6.69. The number of halogens is 1. The zero-order valence-electron chi connectivity index (χ0n) is 15.0. The van der Waals surface area contributed by atoms with Crippen molar-refractivity contribution in [3.05, 3.63) is 69.6 Å². The normalized spacial score (nSPS) is 14.5. The van der Waals surface area contributed by atoms with E-state index in [1.807, 2.05) is 6.92 Å². The van der Waals surface area contributed by atoms with E-state index in [0.29, 0.717) is 18.5 Å². The first kappa shape index (κ1) is 19.1. The summed E-state index contributed by atoms with van der Waals surface area (Å²) in [4.78, 5) is 24.6. The number of furan rings is 1. The number of hydrogen-bond donors (Lipinski definition) is 2. The van der Waals surface area contributed by atoms with Crippen LogP contribution in [-0.2, 0) is 6.42 Å². The molecule has 1 aromatic heterocycles. The fourth-order valence-electron chi connectivity index (χ4n) is 3.03. The number of carbonyl (C=O) groups excluding carboxylic acids is 2.